The second-order valence-electron chi connectivity index (χ2n) is 12.6. The third kappa shape index (κ3) is 4.92. The largest absolute Gasteiger partial charge is 0.254 e. The van der Waals surface area contributed by atoms with Crippen LogP contribution in [0.2, 0.25) is 0 Å². The van der Waals surface area contributed by atoms with Gasteiger partial charge < -0.3 is 0 Å². The third-order valence-electron chi connectivity index (χ3n) is 9.48. The first-order valence-electron chi connectivity index (χ1n) is 16.7. The molecule has 0 amide bonds. The van der Waals surface area contributed by atoms with Crippen LogP contribution in [0.4, 0.5) is 0 Å². The molecule has 0 aliphatic heterocycles. The summed E-state index contributed by atoms with van der Waals surface area (Å²) in [6, 6.07) is 54.5. The number of rotatable bonds is 4. The zero-order valence-corrected chi connectivity index (χ0v) is 26.8. The molecule has 50 heavy (non-hydrogen) atoms. The van der Waals surface area contributed by atoms with Crippen molar-refractivity contribution in [1.29, 1.82) is 0 Å². The van der Waals surface area contributed by atoms with Crippen LogP contribution in [0.15, 0.2) is 164 Å². The van der Waals surface area contributed by atoms with Crippen LogP contribution < -0.4 is 0 Å². The van der Waals surface area contributed by atoms with Gasteiger partial charge in [0.2, 0.25) is 0 Å². The molecule has 5 aromatic carbocycles. The summed E-state index contributed by atoms with van der Waals surface area (Å²) in [7, 11) is 0. The number of fused-ring (bicyclic) bond motifs is 6. The molecule has 0 aliphatic rings. The first-order chi connectivity index (χ1) is 24.7. The highest BCUT2D eigenvalue weighted by Gasteiger charge is 2.10. The summed E-state index contributed by atoms with van der Waals surface area (Å²) < 4.78 is 0. The van der Waals surface area contributed by atoms with Gasteiger partial charge >= 0.3 is 0 Å². The van der Waals surface area contributed by atoms with Crippen molar-refractivity contribution in [2.75, 3.05) is 0 Å². The van der Waals surface area contributed by atoms with Gasteiger partial charge in [0.05, 0.1) is 50.4 Å². The van der Waals surface area contributed by atoms with E-state index in [0.717, 1.165) is 99.5 Å². The van der Waals surface area contributed by atoms with Crippen molar-refractivity contribution in [3.8, 4) is 45.0 Å². The van der Waals surface area contributed by atoms with Gasteiger partial charge in [0.1, 0.15) is 0 Å². The number of para-hydroxylation sites is 1. The molecule has 5 heteroatoms. The topological polar surface area (TPSA) is 64.5 Å². The van der Waals surface area contributed by atoms with Crippen LogP contribution in [0.3, 0.4) is 0 Å². The van der Waals surface area contributed by atoms with Crippen LogP contribution in [0.25, 0.3) is 99.5 Å². The van der Waals surface area contributed by atoms with Crippen molar-refractivity contribution in [2.24, 2.45) is 0 Å². The molecule has 0 radical (unpaired) electrons. The molecule has 0 saturated carbocycles. The Morgan fingerprint density at radius 2 is 0.740 bits per heavy atom. The lowest BCUT2D eigenvalue weighted by Gasteiger charge is -2.09. The quantitative estimate of drug-likeness (QED) is 0.180. The molecule has 0 saturated heterocycles. The van der Waals surface area contributed by atoms with Gasteiger partial charge in [0.25, 0.3) is 0 Å². The molecule has 10 rings (SSSR count). The molecule has 0 spiro atoms. The first kappa shape index (κ1) is 28.2. The summed E-state index contributed by atoms with van der Waals surface area (Å²) in [5, 5.41) is 5.49. The number of benzene rings is 5. The Balaban J connectivity index is 0.916. The Morgan fingerprint density at radius 1 is 0.280 bits per heavy atom. The van der Waals surface area contributed by atoms with Gasteiger partial charge in [-0.1, -0.05) is 97.1 Å². The molecule has 10 aromatic rings. The van der Waals surface area contributed by atoms with Crippen molar-refractivity contribution in [3.63, 3.8) is 0 Å². The maximum Gasteiger partial charge on any atom is 0.0972 e. The van der Waals surface area contributed by atoms with Gasteiger partial charge in [-0.15, -0.1) is 0 Å². The molecule has 0 aliphatic carbocycles. The van der Waals surface area contributed by atoms with Crippen LogP contribution in [-0.4, -0.2) is 24.9 Å². The smallest absolute Gasteiger partial charge is 0.0972 e. The summed E-state index contributed by atoms with van der Waals surface area (Å²) in [4.78, 5) is 24.4. The predicted molar refractivity (Wildman–Crippen MR) is 205 cm³/mol. The van der Waals surface area contributed by atoms with Gasteiger partial charge in [0, 0.05) is 44.3 Å². The monoisotopic (exact) mass is 637 g/mol. The minimum atomic E-state index is 0.870. The van der Waals surface area contributed by atoms with Crippen molar-refractivity contribution in [1.82, 2.24) is 24.9 Å². The van der Waals surface area contributed by atoms with Crippen LogP contribution in [0.5, 0.6) is 0 Å². The van der Waals surface area contributed by atoms with E-state index >= 15 is 0 Å². The Morgan fingerprint density at radius 3 is 1.42 bits per heavy atom. The number of hydrogen-bond acceptors (Lipinski definition) is 5. The number of hydrogen-bond donors (Lipinski definition) is 0. The highest BCUT2D eigenvalue weighted by atomic mass is 14.8. The van der Waals surface area contributed by atoms with Gasteiger partial charge in [-0.05, 0) is 71.8 Å². The van der Waals surface area contributed by atoms with Gasteiger partial charge in [-0.25, -0.2) is 19.9 Å². The van der Waals surface area contributed by atoms with E-state index < -0.39 is 0 Å². The molecule has 0 fully saturated rings. The Kier molecular flexibility index (Phi) is 6.42. The lowest BCUT2D eigenvalue weighted by Crippen LogP contribution is -1.90. The fourth-order valence-electron chi connectivity index (χ4n) is 6.82. The van der Waals surface area contributed by atoms with E-state index in [-0.39, 0.29) is 0 Å². The molecule has 0 atom stereocenters. The van der Waals surface area contributed by atoms with Crippen LogP contribution in [0, 0.1) is 0 Å². The van der Waals surface area contributed by atoms with Gasteiger partial charge in [-0.2, -0.15) is 0 Å². The lowest BCUT2D eigenvalue weighted by atomic mass is 10.00. The van der Waals surface area contributed by atoms with E-state index in [4.69, 9.17) is 19.9 Å². The van der Waals surface area contributed by atoms with E-state index in [1.54, 1.807) is 0 Å². The molecule has 0 N–H and O–H groups in total. The number of pyridine rings is 5. The Bertz CT molecular complexity index is 2930. The van der Waals surface area contributed by atoms with Crippen molar-refractivity contribution in [2.45, 2.75) is 0 Å². The molecule has 0 bridgehead atoms. The summed E-state index contributed by atoms with van der Waals surface area (Å²) in [5.74, 6) is 0. The van der Waals surface area contributed by atoms with Crippen LogP contribution in [0.1, 0.15) is 0 Å². The first-order valence-corrected chi connectivity index (χ1v) is 16.7. The minimum absolute atomic E-state index is 0.870. The maximum absolute atomic E-state index is 5.03. The molecular formula is C45H27N5. The molecular weight excluding hydrogens is 611 g/mol. The van der Waals surface area contributed by atoms with E-state index in [1.165, 1.54) is 0 Å². The molecule has 5 aromatic heterocycles. The van der Waals surface area contributed by atoms with E-state index in [2.05, 4.69) is 132 Å². The molecule has 5 nitrogen and oxygen atoms in total. The fourth-order valence-corrected chi connectivity index (χ4v) is 6.82. The number of aromatic nitrogens is 5. The second kappa shape index (κ2) is 11.4. The van der Waals surface area contributed by atoms with E-state index in [0.29, 0.717) is 0 Å². The lowest BCUT2D eigenvalue weighted by molar-refractivity contribution is 1.32. The van der Waals surface area contributed by atoms with Crippen molar-refractivity contribution < 1.29 is 0 Å². The normalized spacial score (nSPS) is 11.6. The van der Waals surface area contributed by atoms with Crippen molar-refractivity contribution >= 4 is 54.5 Å². The standard InChI is InChI=1S/C45H27N5/c1-2-6-37-28(4-1)13-23-42(48-37)43-24-18-36-27-34(16-21-41(36)49-43)33-15-20-40-35(26-33)17-22-38(47-40)29-7-9-30(10-8-29)39-19-14-32-12-11-31-5-3-25-46-44(31)45(32)50-39/h1-27H. The van der Waals surface area contributed by atoms with Gasteiger partial charge in [-0.3, -0.25) is 4.98 Å². The zero-order valence-electron chi connectivity index (χ0n) is 26.8. The second-order valence-corrected chi connectivity index (χ2v) is 12.6. The highest BCUT2D eigenvalue weighted by Crippen LogP contribution is 2.31. The summed E-state index contributed by atoms with van der Waals surface area (Å²) >= 11 is 0. The Hall–Kier alpha value is -6.85. The Labute approximate surface area is 287 Å². The predicted octanol–water partition coefficient (Wildman–Crippen LogP) is 11.1. The molecule has 5 heterocycles. The van der Waals surface area contributed by atoms with Crippen molar-refractivity contribution in [3.05, 3.63) is 164 Å². The highest BCUT2D eigenvalue weighted by molar-refractivity contribution is 6.03. The third-order valence-corrected chi connectivity index (χ3v) is 9.48. The molecule has 232 valence electrons. The summed E-state index contributed by atoms with van der Waals surface area (Å²) in [6.07, 6.45) is 1.82. The minimum Gasteiger partial charge on any atom is -0.254 e. The fraction of sp³-hybridized carbons (Fsp3) is 0. The van der Waals surface area contributed by atoms with Gasteiger partial charge in [0.15, 0.2) is 0 Å². The average Bonchev–Trinajstić information content (AvgIpc) is 3.19. The zero-order chi connectivity index (χ0) is 33.0. The average molecular weight is 638 g/mol. The molecule has 0 unspecified atom stereocenters. The number of nitrogens with zero attached hydrogens (tertiary/aromatic N) is 5. The summed E-state index contributed by atoms with van der Waals surface area (Å²) in [5.41, 5.74) is 12.7. The van der Waals surface area contributed by atoms with Crippen LogP contribution >= 0.6 is 0 Å². The van der Waals surface area contributed by atoms with E-state index in [1.807, 2.05) is 36.5 Å². The maximum atomic E-state index is 5.03. The van der Waals surface area contributed by atoms with E-state index in [9.17, 15) is 0 Å². The SMILES string of the molecule is c1ccc2nc(-c3ccc4cc(-c5ccc6nc(-c7ccc(-c8ccc9ccc%10cccnc%10c9n8)cc7)ccc6c5)ccc4n3)ccc2c1. The summed E-state index contributed by atoms with van der Waals surface area (Å²) in [6.45, 7) is 0. The van der Waals surface area contributed by atoms with Crippen LogP contribution in [-0.2, 0) is 0 Å².